The second-order valence-electron chi connectivity index (χ2n) is 4.94. The van der Waals surface area contributed by atoms with E-state index in [1.807, 2.05) is 6.92 Å². The van der Waals surface area contributed by atoms with Crippen LogP contribution in [0.15, 0.2) is 42.5 Å². The van der Waals surface area contributed by atoms with Crippen LogP contribution in [-0.2, 0) is 6.42 Å². The largest absolute Gasteiger partial charge is 0.398 e. The number of amides is 1. The molecule has 110 valence electrons. The van der Waals surface area contributed by atoms with E-state index < -0.39 is 0 Å². The van der Waals surface area contributed by atoms with E-state index in [1.165, 1.54) is 18.2 Å². The number of hydrogen-bond donors (Lipinski definition) is 2. The number of hydrogen-bond acceptors (Lipinski definition) is 2. The summed E-state index contributed by atoms with van der Waals surface area (Å²) in [4.78, 5) is 12.1. The maximum absolute atomic E-state index is 12.8. The monoisotopic (exact) mass is 306 g/mol. The fraction of sp³-hybridized carbons (Fsp3) is 0.188. The van der Waals surface area contributed by atoms with Crippen LogP contribution in [0.5, 0.6) is 0 Å². The molecule has 21 heavy (non-hydrogen) atoms. The number of nitrogens with two attached hydrogens (primary N) is 1. The van der Waals surface area contributed by atoms with Crippen molar-refractivity contribution >= 4 is 23.2 Å². The highest BCUT2D eigenvalue weighted by atomic mass is 35.5. The number of benzene rings is 2. The minimum Gasteiger partial charge on any atom is -0.398 e. The standard InChI is InChI=1S/C16H16ClFN2O/c1-10(8-11-2-5-13(18)6-3-11)20-16(21)12-4-7-15(19)14(17)9-12/h2-7,9-10H,8,19H2,1H3,(H,20,21). The van der Waals surface area contributed by atoms with Gasteiger partial charge in [-0.05, 0) is 49.2 Å². The molecule has 0 fully saturated rings. The molecular formula is C16H16ClFN2O. The van der Waals surface area contributed by atoms with Crippen molar-refractivity contribution in [1.82, 2.24) is 5.32 Å². The zero-order chi connectivity index (χ0) is 15.4. The predicted molar refractivity (Wildman–Crippen MR) is 82.9 cm³/mol. The van der Waals surface area contributed by atoms with Gasteiger partial charge in [-0.1, -0.05) is 23.7 Å². The molecule has 0 radical (unpaired) electrons. The molecule has 0 aliphatic rings. The fourth-order valence-corrected chi connectivity index (χ4v) is 2.18. The van der Waals surface area contributed by atoms with Crippen molar-refractivity contribution < 1.29 is 9.18 Å². The number of carbonyl (C=O) groups excluding carboxylic acids is 1. The third kappa shape index (κ3) is 4.20. The number of carbonyl (C=O) groups is 1. The van der Waals surface area contributed by atoms with E-state index in [-0.39, 0.29) is 17.8 Å². The quantitative estimate of drug-likeness (QED) is 0.850. The van der Waals surface area contributed by atoms with Gasteiger partial charge >= 0.3 is 0 Å². The smallest absolute Gasteiger partial charge is 0.251 e. The number of nitrogen functional groups attached to an aromatic ring is 1. The molecule has 5 heteroatoms. The van der Waals surface area contributed by atoms with Crippen molar-refractivity contribution in [1.29, 1.82) is 0 Å². The molecule has 0 saturated carbocycles. The van der Waals surface area contributed by atoms with Crippen LogP contribution >= 0.6 is 11.6 Å². The molecule has 0 heterocycles. The summed E-state index contributed by atoms with van der Waals surface area (Å²) in [6, 6.07) is 10.9. The number of rotatable bonds is 4. The summed E-state index contributed by atoms with van der Waals surface area (Å²) in [6.45, 7) is 1.89. The normalized spacial score (nSPS) is 12.0. The lowest BCUT2D eigenvalue weighted by molar-refractivity contribution is 0.0940. The molecular weight excluding hydrogens is 291 g/mol. The van der Waals surface area contributed by atoms with E-state index in [1.54, 1.807) is 24.3 Å². The summed E-state index contributed by atoms with van der Waals surface area (Å²) in [7, 11) is 0. The fourth-order valence-electron chi connectivity index (χ4n) is 2.00. The average molecular weight is 307 g/mol. The van der Waals surface area contributed by atoms with E-state index in [0.29, 0.717) is 22.7 Å². The van der Waals surface area contributed by atoms with E-state index >= 15 is 0 Å². The molecule has 3 nitrogen and oxygen atoms in total. The first kappa shape index (κ1) is 15.3. The van der Waals surface area contributed by atoms with Crippen molar-refractivity contribution in [3.63, 3.8) is 0 Å². The Morgan fingerprint density at radius 3 is 2.57 bits per heavy atom. The molecule has 0 saturated heterocycles. The topological polar surface area (TPSA) is 55.1 Å². The summed E-state index contributed by atoms with van der Waals surface area (Å²) in [5.74, 6) is -0.488. The Morgan fingerprint density at radius 1 is 1.29 bits per heavy atom. The molecule has 2 rings (SSSR count). The molecule has 2 aromatic carbocycles. The van der Waals surface area contributed by atoms with Crippen molar-refractivity contribution in [2.24, 2.45) is 0 Å². The van der Waals surface area contributed by atoms with Gasteiger partial charge in [0.1, 0.15) is 5.82 Å². The van der Waals surface area contributed by atoms with E-state index in [2.05, 4.69) is 5.32 Å². The van der Waals surface area contributed by atoms with Gasteiger partial charge in [0.25, 0.3) is 5.91 Å². The number of nitrogens with one attached hydrogen (secondary N) is 1. The van der Waals surface area contributed by atoms with Crippen molar-refractivity contribution in [2.75, 3.05) is 5.73 Å². The van der Waals surface area contributed by atoms with Gasteiger partial charge in [0.2, 0.25) is 0 Å². The van der Waals surface area contributed by atoms with Crippen molar-refractivity contribution in [3.05, 3.63) is 64.4 Å². The first-order valence-corrected chi connectivity index (χ1v) is 6.94. The molecule has 1 unspecified atom stereocenters. The van der Waals surface area contributed by atoms with Crippen LogP contribution in [0.1, 0.15) is 22.8 Å². The van der Waals surface area contributed by atoms with Gasteiger partial charge in [0.05, 0.1) is 10.7 Å². The average Bonchev–Trinajstić information content (AvgIpc) is 2.44. The van der Waals surface area contributed by atoms with Crippen LogP contribution in [-0.4, -0.2) is 11.9 Å². The molecule has 0 aromatic heterocycles. The minimum atomic E-state index is -0.271. The van der Waals surface area contributed by atoms with Crippen LogP contribution in [0.2, 0.25) is 5.02 Å². The molecule has 3 N–H and O–H groups in total. The lowest BCUT2D eigenvalue weighted by atomic mass is 10.1. The van der Waals surface area contributed by atoms with Gasteiger partial charge < -0.3 is 11.1 Å². The van der Waals surface area contributed by atoms with Gasteiger partial charge in [-0.3, -0.25) is 4.79 Å². The number of halogens is 2. The second-order valence-corrected chi connectivity index (χ2v) is 5.35. The Bertz CT molecular complexity index is 643. The number of anilines is 1. The van der Waals surface area contributed by atoms with Crippen molar-refractivity contribution in [2.45, 2.75) is 19.4 Å². The molecule has 0 spiro atoms. The second kappa shape index (κ2) is 6.59. The Labute approximate surface area is 127 Å². The Kier molecular flexibility index (Phi) is 4.81. The summed E-state index contributed by atoms with van der Waals surface area (Å²) in [6.07, 6.45) is 0.620. The highest BCUT2D eigenvalue weighted by Gasteiger charge is 2.11. The zero-order valence-electron chi connectivity index (χ0n) is 11.6. The van der Waals surface area contributed by atoms with Crippen LogP contribution in [0.25, 0.3) is 0 Å². The first-order chi connectivity index (χ1) is 9.95. The molecule has 1 amide bonds. The molecule has 0 bridgehead atoms. The molecule has 2 aromatic rings. The van der Waals surface area contributed by atoms with Gasteiger partial charge in [0.15, 0.2) is 0 Å². The van der Waals surface area contributed by atoms with Gasteiger partial charge in [0, 0.05) is 11.6 Å². The summed E-state index contributed by atoms with van der Waals surface area (Å²) in [5.41, 5.74) is 7.46. The molecule has 1 atom stereocenters. The Hall–Kier alpha value is -2.07. The third-order valence-corrected chi connectivity index (χ3v) is 3.42. The SMILES string of the molecule is CC(Cc1ccc(F)cc1)NC(=O)c1ccc(N)c(Cl)c1. The maximum Gasteiger partial charge on any atom is 0.251 e. The zero-order valence-corrected chi connectivity index (χ0v) is 12.3. The van der Waals surface area contributed by atoms with E-state index in [9.17, 15) is 9.18 Å². The molecule has 0 aliphatic carbocycles. The van der Waals surface area contributed by atoms with Crippen LogP contribution in [0.4, 0.5) is 10.1 Å². The highest BCUT2D eigenvalue weighted by molar-refractivity contribution is 6.33. The van der Waals surface area contributed by atoms with Crippen LogP contribution in [0, 0.1) is 5.82 Å². The lowest BCUT2D eigenvalue weighted by Gasteiger charge is -2.14. The lowest BCUT2D eigenvalue weighted by Crippen LogP contribution is -2.34. The Balaban J connectivity index is 1.98. The Morgan fingerprint density at radius 2 is 1.95 bits per heavy atom. The molecule has 0 aliphatic heterocycles. The predicted octanol–water partition coefficient (Wildman–Crippen LogP) is 3.42. The van der Waals surface area contributed by atoms with E-state index in [0.717, 1.165) is 5.56 Å². The van der Waals surface area contributed by atoms with Gasteiger partial charge in [-0.2, -0.15) is 0 Å². The minimum absolute atomic E-state index is 0.0840. The summed E-state index contributed by atoms with van der Waals surface area (Å²) >= 11 is 5.90. The first-order valence-electron chi connectivity index (χ1n) is 6.56. The van der Waals surface area contributed by atoms with Crippen LogP contribution < -0.4 is 11.1 Å². The van der Waals surface area contributed by atoms with Crippen LogP contribution in [0.3, 0.4) is 0 Å². The maximum atomic E-state index is 12.8. The van der Waals surface area contributed by atoms with Crippen molar-refractivity contribution in [3.8, 4) is 0 Å². The van der Waals surface area contributed by atoms with Gasteiger partial charge in [-0.25, -0.2) is 4.39 Å². The third-order valence-electron chi connectivity index (χ3n) is 3.10. The summed E-state index contributed by atoms with van der Waals surface area (Å²) < 4.78 is 12.8. The summed E-state index contributed by atoms with van der Waals surface area (Å²) in [5, 5.41) is 3.23. The highest BCUT2D eigenvalue weighted by Crippen LogP contribution is 2.19. The van der Waals surface area contributed by atoms with E-state index in [4.69, 9.17) is 17.3 Å². The van der Waals surface area contributed by atoms with Gasteiger partial charge in [-0.15, -0.1) is 0 Å².